The second-order valence-electron chi connectivity index (χ2n) is 7.06. The fraction of sp³-hybridized carbons (Fsp3) is 0.300. The Morgan fingerprint density at radius 1 is 1.23 bits per heavy atom. The van der Waals surface area contributed by atoms with Crippen LogP contribution in [0.4, 0.5) is 5.69 Å². The van der Waals surface area contributed by atoms with Gasteiger partial charge < -0.3 is 25.1 Å². The Hall–Kier alpha value is -3.24. The summed E-state index contributed by atoms with van der Waals surface area (Å²) >= 11 is 1.44. The third kappa shape index (κ3) is 3.44. The number of hydrogen-bond acceptors (Lipinski definition) is 7. The Morgan fingerprint density at radius 2 is 2.10 bits per heavy atom. The van der Waals surface area contributed by atoms with E-state index in [9.17, 15) is 14.4 Å². The SMILES string of the molecule is O=C1COc2ccc(CNC(=O)c3nc4sc5c(c4c(=O)[nH]3)CCOCC5)cc2N1. The van der Waals surface area contributed by atoms with E-state index in [1.807, 2.05) is 0 Å². The average Bonchev–Trinajstić information content (AvgIpc) is 2.93. The van der Waals surface area contributed by atoms with Crippen LogP contribution in [0, 0.1) is 0 Å². The number of carbonyl (C=O) groups excluding carboxylic acids is 2. The topological polar surface area (TPSA) is 122 Å². The van der Waals surface area contributed by atoms with Gasteiger partial charge in [0.15, 0.2) is 6.61 Å². The van der Waals surface area contributed by atoms with Crippen molar-refractivity contribution in [2.24, 2.45) is 0 Å². The molecule has 2 aliphatic heterocycles. The summed E-state index contributed by atoms with van der Waals surface area (Å²) in [5.41, 5.74) is 2.01. The summed E-state index contributed by atoms with van der Waals surface area (Å²) in [4.78, 5) is 45.4. The molecule has 2 aliphatic rings. The number of fused-ring (bicyclic) bond motifs is 4. The second-order valence-corrected chi connectivity index (χ2v) is 8.14. The Balaban J connectivity index is 1.36. The first-order chi connectivity index (χ1) is 14.6. The number of carbonyl (C=O) groups is 2. The number of aromatic amines is 1. The van der Waals surface area contributed by atoms with Gasteiger partial charge in [0.1, 0.15) is 10.6 Å². The summed E-state index contributed by atoms with van der Waals surface area (Å²) in [5.74, 6) is -0.127. The van der Waals surface area contributed by atoms with E-state index in [4.69, 9.17) is 9.47 Å². The molecule has 0 spiro atoms. The van der Waals surface area contributed by atoms with Gasteiger partial charge in [-0.3, -0.25) is 14.4 Å². The maximum atomic E-state index is 12.7. The van der Waals surface area contributed by atoms with Crippen LogP contribution in [0.1, 0.15) is 26.6 Å². The second kappa shape index (κ2) is 7.54. The van der Waals surface area contributed by atoms with E-state index in [0.717, 1.165) is 22.4 Å². The minimum Gasteiger partial charge on any atom is -0.482 e. The highest BCUT2D eigenvalue weighted by molar-refractivity contribution is 7.18. The number of thiophene rings is 1. The number of hydrogen-bond donors (Lipinski definition) is 3. The highest BCUT2D eigenvalue weighted by atomic mass is 32.1. The van der Waals surface area contributed by atoms with Gasteiger partial charge >= 0.3 is 0 Å². The summed E-state index contributed by atoms with van der Waals surface area (Å²) in [6, 6.07) is 5.28. The van der Waals surface area contributed by atoms with Crippen molar-refractivity contribution < 1.29 is 19.1 Å². The van der Waals surface area contributed by atoms with Gasteiger partial charge in [-0.1, -0.05) is 6.07 Å². The lowest BCUT2D eigenvalue weighted by molar-refractivity contribution is -0.118. The molecule has 3 N–H and O–H groups in total. The Bertz CT molecular complexity index is 1230. The maximum Gasteiger partial charge on any atom is 0.287 e. The maximum absolute atomic E-state index is 12.7. The van der Waals surface area contributed by atoms with Crippen LogP contribution < -0.4 is 20.9 Å². The predicted molar refractivity (Wildman–Crippen MR) is 110 cm³/mol. The molecule has 0 bridgehead atoms. The molecule has 0 radical (unpaired) electrons. The number of benzene rings is 1. The molecule has 154 valence electrons. The zero-order valence-corrected chi connectivity index (χ0v) is 16.7. The molecule has 0 saturated heterocycles. The molecule has 0 atom stereocenters. The molecule has 0 aliphatic carbocycles. The zero-order chi connectivity index (χ0) is 20.7. The van der Waals surface area contributed by atoms with Crippen molar-refractivity contribution >= 4 is 39.1 Å². The number of rotatable bonds is 3. The first kappa shape index (κ1) is 18.8. The van der Waals surface area contributed by atoms with Crippen LogP contribution >= 0.6 is 11.3 Å². The molecule has 2 aromatic heterocycles. The van der Waals surface area contributed by atoms with Gasteiger partial charge in [-0.05, 0) is 29.7 Å². The van der Waals surface area contributed by atoms with Gasteiger partial charge in [0.05, 0.1) is 24.3 Å². The molecule has 0 unspecified atom stereocenters. The Kier molecular flexibility index (Phi) is 4.72. The highest BCUT2D eigenvalue weighted by Crippen LogP contribution is 2.30. The predicted octanol–water partition coefficient (Wildman–Crippen LogP) is 1.36. The van der Waals surface area contributed by atoms with Crippen molar-refractivity contribution in [2.45, 2.75) is 19.4 Å². The third-order valence-electron chi connectivity index (χ3n) is 5.06. The first-order valence-corrected chi connectivity index (χ1v) is 10.4. The van der Waals surface area contributed by atoms with Crippen molar-refractivity contribution in [3.8, 4) is 5.75 Å². The van der Waals surface area contributed by atoms with Crippen LogP contribution in [0.5, 0.6) is 5.75 Å². The van der Waals surface area contributed by atoms with Crippen LogP contribution in [0.15, 0.2) is 23.0 Å². The van der Waals surface area contributed by atoms with E-state index in [-0.39, 0.29) is 30.4 Å². The molecule has 10 heteroatoms. The molecular weight excluding hydrogens is 408 g/mol. The number of nitrogens with zero attached hydrogens (tertiary/aromatic N) is 1. The van der Waals surface area contributed by atoms with Gasteiger partial charge in [-0.15, -0.1) is 11.3 Å². The zero-order valence-electron chi connectivity index (χ0n) is 15.9. The number of ether oxygens (including phenoxy) is 2. The smallest absolute Gasteiger partial charge is 0.287 e. The van der Waals surface area contributed by atoms with Crippen molar-refractivity contribution in [3.05, 3.63) is 50.4 Å². The monoisotopic (exact) mass is 426 g/mol. The summed E-state index contributed by atoms with van der Waals surface area (Å²) < 4.78 is 10.8. The van der Waals surface area contributed by atoms with Crippen LogP contribution in [0.2, 0.25) is 0 Å². The number of H-pyrrole nitrogens is 1. The molecule has 5 rings (SSSR count). The summed E-state index contributed by atoms with van der Waals surface area (Å²) in [7, 11) is 0. The molecule has 2 amide bonds. The summed E-state index contributed by atoms with van der Waals surface area (Å²) in [6.45, 7) is 1.40. The normalized spacial score (nSPS) is 15.5. The number of amides is 2. The molecular formula is C20H18N4O5S. The van der Waals surface area contributed by atoms with E-state index in [0.29, 0.717) is 41.3 Å². The van der Waals surface area contributed by atoms with Gasteiger partial charge in [-0.25, -0.2) is 4.98 Å². The molecule has 0 fully saturated rings. The van der Waals surface area contributed by atoms with Crippen molar-refractivity contribution in [1.82, 2.24) is 15.3 Å². The Labute approximate surface area is 174 Å². The Morgan fingerprint density at radius 3 is 3.00 bits per heavy atom. The lowest BCUT2D eigenvalue weighted by Gasteiger charge is -2.18. The number of anilines is 1. The fourth-order valence-electron chi connectivity index (χ4n) is 3.63. The molecule has 30 heavy (non-hydrogen) atoms. The van der Waals surface area contributed by atoms with Gasteiger partial charge in [-0.2, -0.15) is 0 Å². The van der Waals surface area contributed by atoms with E-state index in [1.54, 1.807) is 18.2 Å². The van der Waals surface area contributed by atoms with Crippen molar-refractivity contribution in [1.29, 1.82) is 0 Å². The van der Waals surface area contributed by atoms with Crippen molar-refractivity contribution in [2.75, 3.05) is 25.1 Å². The fourth-order valence-corrected chi connectivity index (χ4v) is 4.83. The standard InChI is InChI=1S/C20H18N4O5S/c25-15-9-29-13-2-1-10(7-12(13)22-15)8-21-19(27)17-23-18(26)16-11-3-5-28-6-4-14(11)30-20(16)24-17/h1-2,7H,3-6,8-9H2,(H,21,27)(H,22,25)(H,23,24,26). The van der Waals surface area contributed by atoms with E-state index in [1.165, 1.54) is 11.3 Å². The van der Waals surface area contributed by atoms with Crippen LogP contribution in [0.3, 0.4) is 0 Å². The van der Waals surface area contributed by atoms with E-state index in [2.05, 4.69) is 20.6 Å². The lowest BCUT2D eigenvalue weighted by Crippen LogP contribution is -2.28. The minimum atomic E-state index is -0.473. The van der Waals surface area contributed by atoms with Gasteiger partial charge in [0, 0.05) is 17.8 Å². The van der Waals surface area contributed by atoms with E-state index < -0.39 is 5.91 Å². The molecule has 9 nitrogen and oxygen atoms in total. The first-order valence-electron chi connectivity index (χ1n) is 9.54. The summed E-state index contributed by atoms with van der Waals surface area (Å²) in [6.07, 6.45) is 1.42. The highest BCUT2D eigenvalue weighted by Gasteiger charge is 2.21. The molecule has 1 aromatic carbocycles. The van der Waals surface area contributed by atoms with Gasteiger partial charge in [0.2, 0.25) is 5.82 Å². The molecule has 4 heterocycles. The van der Waals surface area contributed by atoms with Crippen LogP contribution in [-0.4, -0.2) is 41.6 Å². The minimum absolute atomic E-state index is 0.0102. The quantitative estimate of drug-likeness (QED) is 0.581. The molecule has 0 saturated carbocycles. The number of nitrogens with one attached hydrogen (secondary N) is 3. The lowest BCUT2D eigenvalue weighted by atomic mass is 10.1. The van der Waals surface area contributed by atoms with Crippen LogP contribution in [0.25, 0.3) is 10.2 Å². The largest absolute Gasteiger partial charge is 0.482 e. The van der Waals surface area contributed by atoms with Crippen molar-refractivity contribution in [3.63, 3.8) is 0 Å². The number of aromatic nitrogens is 2. The van der Waals surface area contributed by atoms with Crippen LogP contribution in [-0.2, 0) is 28.9 Å². The average molecular weight is 426 g/mol. The van der Waals surface area contributed by atoms with Gasteiger partial charge in [0.25, 0.3) is 17.4 Å². The van der Waals surface area contributed by atoms with E-state index >= 15 is 0 Å². The third-order valence-corrected chi connectivity index (χ3v) is 6.24. The molecule has 3 aromatic rings. The summed E-state index contributed by atoms with van der Waals surface area (Å²) in [5, 5.41) is 6.05.